The van der Waals surface area contributed by atoms with Crippen molar-refractivity contribution in [1.82, 2.24) is 0 Å². The third-order valence-corrected chi connectivity index (χ3v) is 5.53. The van der Waals surface area contributed by atoms with Crippen LogP contribution in [0, 0.1) is 13.8 Å². The Labute approximate surface area is 168 Å². The topological polar surface area (TPSA) is 3.24 Å². The van der Waals surface area contributed by atoms with E-state index in [2.05, 4.69) is 105 Å². The summed E-state index contributed by atoms with van der Waals surface area (Å²) in [6.07, 6.45) is 15.6. The number of anilines is 1. The zero-order valence-corrected chi connectivity index (χ0v) is 17.0. The highest BCUT2D eigenvalue weighted by molar-refractivity contribution is 5.95. The van der Waals surface area contributed by atoms with E-state index in [1.165, 1.54) is 44.8 Å². The molecule has 0 fully saturated rings. The van der Waals surface area contributed by atoms with Crippen LogP contribution in [0.25, 0.3) is 16.7 Å². The summed E-state index contributed by atoms with van der Waals surface area (Å²) in [5, 5.41) is 0. The number of hydrogen-bond donors (Lipinski definition) is 0. The fourth-order valence-corrected chi connectivity index (χ4v) is 4.06. The Morgan fingerprint density at radius 3 is 2.43 bits per heavy atom. The van der Waals surface area contributed by atoms with Gasteiger partial charge in [0.2, 0.25) is 0 Å². The van der Waals surface area contributed by atoms with Crippen molar-refractivity contribution < 1.29 is 0 Å². The van der Waals surface area contributed by atoms with Crippen LogP contribution in [-0.4, -0.2) is 0 Å². The van der Waals surface area contributed by atoms with Gasteiger partial charge in [-0.2, -0.15) is 0 Å². The number of allylic oxidation sites excluding steroid dienone is 7. The Bertz CT molecular complexity index is 1060. The van der Waals surface area contributed by atoms with Crippen LogP contribution in [0.1, 0.15) is 36.5 Å². The van der Waals surface area contributed by atoms with Crippen molar-refractivity contribution in [1.29, 1.82) is 0 Å². The maximum Gasteiger partial charge on any atom is 0.0614 e. The minimum Gasteiger partial charge on any atom is -0.316 e. The first-order valence-corrected chi connectivity index (χ1v) is 9.97. The fourth-order valence-electron chi connectivity index (χ4n) is 4.06. The molecule has 0 N–H and O–H groups in total. The van der Waals surface area contributed by atoms with E-state index in [1.54, 1.807) is 0 Å². The molecule has 0 spiro atoms. The van der Waals surface area contributed by atoms with Crippen molar-refractivity contribution in [3.8, 4) is 11.1 Å². The third kappa shape index (κ3) is 3.29. The SMILES string of the molecule is C=C1/C=C(C)\C=C/N(C2=CCCC=C2)c2c1ccc(C)c2-c1ccccc1C. The van der Waals surface area contributed by atoms with Crippen LogP contribution in [0.15, 0.2) is 90.8 Å². The predicted molar refractivity (Wildman–Crippen MR) is 122 cm³/mol. The molecular weight excluding hydrogens is 338 g/mol. The van der Waals surface area contributed by atoms with Gasteiger partial charge in [0, 0.05) is 23.0 Å². The Morgan fingerprint density at radius 1 is 0.857 bits per heavy atom. The maximum atomic E-state index is 4.40. The molecule has 140 valence electrons. The fraction of sp³-hybridized carbons (Fsp3) is 0.185. The van der Waals surface area contributed by atoms with Crippen LogP contribution in [-0.2, 0) is 0 Å². The van der Waals surface area contributed by atoms with Gasteiger partial charge in [0.15, 0.2) is 0 Å². The molecule has 2 aliphatic rings. The van der Waals surface area contributed by atoms with E-state index in [0.29, 0.717) is 0 Å². The number of aryl methyl sites for hydroxylation is 2. The predicted octanol–water partition coefficient (Wildman–Crippen LogP) is 7.50. The smallest absolute Gasteiger partial charge is 0.0614 e. The Kier molecular flexibility index (Phi) is 4.92. The average molecular weight is 366 g/mol. The molecule has 1 aliphatic carbocycles. The summed E-state index contributed by atoms with van der Waals surface area (Å²) in [5.74, 6) is 0. The average Bonchev–Trinajstić information content (AvgIpc) is 2.69. The molecule has 1 heterocycles. The second kappa shape index (κ2) is 7.52. The Balaban J connectivity index is 2.06. The molecule has 0 amide bonds. The Morgan fingerprint density at radius 2 is 1.68 bits per heavy atom. The van der Waals surface area contributed by atoms with Gasteiger partial charge in [-0.1, -0.05) is 61.2 Å². The highest BCUT2D eigenvalue weighted by atomic mass is 15.1. The van der Waals surface area contributed by atoms with Gasteiger partial charge in [0.25, 0.3) is 0 Å². The summed E-state index contributed by atoms with van der Waals surface area (Å²) in [5.41, 5.74) is 11.0. The number of hydrogen-bond acceptors (Lipinski definition) is 1. The summed E-state index contributed by atoms with van der Waals surface area (Å²) >= 11 is 0. The minimum absolute atomic E-state index is 1.05. The molecule has 2 aromatic carbocycles. The van der Waals surface area contributed by atoms with E-state index in [1.807, 2.05) is 0 Å². The number of nitrogens with zero attached hydrogens (tertiary/aromatic N) is 1. The molecule has 0 aromatic heterocycles. The van der Waals surface area contributed by atoms with Crippen molar-refractivity contribution in [2.45, 2.75) is 33.6 Å². The van der Waals surface area contributed by atoms with Gasteiger partial charge in [-0.05, 0) is 73.6 Å². The molecule has 2 aromatic rings. The van der Waals surface area contributed by atoms with Crippen molar-refractivity contribution in [2.75, 3.05) is 4.90 Å². The lowest BCUT2D eigenvalue weighted by Crippen LogP contribution is -2.19. The summed E-state index contributed by atoms with van der Waals surface area (Å²) < 4.78 is 0. The second-order valence-electron chi connectivity index (χ2n) is 7.68. The van der Waals surface area contributed by atoms with Gasteiger partial charge in [-0.3, -0.25) is 0 Å². The largest absolute Gasteiger partial charge is 0.316 e. The van der Waals surface area contributed by atoms with Crippen LogP contribution >= 0.6 is 0 Å². The molecule has 0 atom stereocenters. The van der Waals surface area contributed by atoms with Gasteiger partial charge < -0.3 is 4.90 Å². The summed E-state index contributed by atoms with van der Waals surface area (Å²) in [6, 6.07) is 13.1. The normalized spacial score (nSPS) is 19.2. The van der Waals surface area contributed by atoms with E-state index in [0.717, 1.165) is 18.4 Å². The molecule has 1 aliphatic heterocycles. The van der Waals surface area contributed by atoms with Gasteiger partial charge in [0.05, 0.1) is 5.69 Å². The van der Waals surface area contributed by atoms with Crippen LogP contribution < -0.4 is 4.90 Å². The monoisotopic (exact) mass is 365 g/mol. The lowest BCUT2D eigenvalue weighted by Gasteiger charge is -2.31. The van der Waals surface area contributed by atoms with E-state index in [-0.39, 0.29) is 0 Å². The van der Waals surface area contributed by atoms with Gasteiger partial charge in [0.1, 0.15) is 0 Å². The van der Waals surface area contributed by atoms with E-state index < -0.39 is 0 Å². The number of benzene rings is 2. The van der Waals surface area contributed by atoms with Gasteiger partial charge in [-0.25, -0.2) is 0 Å². The highest BCUT2D eigenvalue weighted by Crippen LogP contribution is 2.43. The molecule has 28 heavy (non-hydrogen) atoms. The zero-order chi connectivity index (χ0) is 19.7. The molecule has 0 saturated carbocycles. The summed E-state index contributed by atoms with van der Waals surface area (Å²) in [7, 11) is 0. The number of rotatable bonds is 2. The maximum absolute atomic E-state index is 4.40. The van der Waals surface area contributed by atoms with Crippen LogP contribution in [0.3, 0.4) is 0 Å². The summed E-state index contributed by atoms with van der Waals surface area (Å²) in [6.45, 7) is 10.9. The quantitative estimate of drug-likeness (QED) is 0.532. The van der Waals surface area contributed by atoms with E-state index >= 15 is 0 Å². The van der Waals surface area contributed by atoms with Crippen molar-refractivity contribution >= 4 is 11.3 Å². The van der Waals surface area contributed by atoms with Crippen LogP contribution in [0.4, 0.5) is 5.69 Å². The molecule has 4 rings (SSSR count). The van der Waals surface area contributed by atoms with Crippen molar-refractivity contribution in [3.63, 3.8) is 0 Å². The molecule has 0 unspecified atom stereocenters. The lowest BCUT2D eigenvalue weighted by molar-refractivity contribution is 0.994. The standard InChI is InChI=1S/C27H27N/c1-19-16-17-28(23-11-6-5-7-12-23)27-25(22(4)18-19)15-14-21(3)26(27)24-13-9-8-10-20(24)2/h6,8-18H,4-5,7H2,1-3H3/b17-16-,19-18-. The first kappa shape index (κ1) is 18.3. The van der Waals surface area contributed by atoms with Crippen molar-refractivity contribution in [3.05, 3.63) is 108 Å². The third-order valence-electron chi connectivity index (χ3n) is 5.53. The van der Waals surface area contributed by atoms with E-state index in [4.69, 9.17) is 0 Å². The first-order valence-electron chi connectivity index (χ1n) is 9.97. The number of fused-ring (bicyclic) bond motifs is 1. The minimum atomic E-state index is 1.05. The van der Waals surface area contributed by atoms with Crippen LogP contribution in [0.5, 0.6) is 0 Å². The second-order valence-corrected chi connectivity index (χ2v) is 7.68. The van der Waals surface area contributed by atoms with Crippen LogP contribution in [0.2, 0.25) is 0 Å². The highest BCUT2D eigenvalue weighted by Gasteiger charge is 2.22. The molecule has 1 heteroatoms. The molecule has 0 bridgehead atoms. The molecule has 0 saturated heterocycles. The molecule has 0 radical (unpaired) electrons. The first-order chi connectivity index (χ1) is 13.6. The molecular formula is C27H27N. The summed E-state index contributed by atoms with van der Waals surface area (Å²) in [4.78, 5) is 2.35. The lowest BCUT2D eigenvalue weighted by atomic mass is 9.88. The Hall–Kier alpha value is -3.06. The molecule has 1 nitrogen and oxygen atoms in total. The van der Waals surface area contributed by atoms with Gasteiger partial charge in [-0.15, -0.1) is 0 Å². The van der Waals surface area contributed by atoms with Crippen molar-refractivity contribution in [2.24, 2.45) is 0 Å². The zero-order valence-electron chi connectivity index (χ0n) is 17.0. The van der Waals surface area contributed by atoms with E-state index in [9.17, 15) is 0 Å². The van der Waals surface area contributed by atoms with Gasteiger partial charge >= 0.3 is 0 Å².